The Morgan fingerprint density at radius 3 is 1.56 bits per heavy atom. The first-order valence-corrected chi connectivity index (χ1v) is 5.01. The van der Waals surface area contributed by atoms with Crippen molar-refractivity contribution in [3.05, 3.63) is 23.3 Å². The van der Waals surface area contributed by atoms with Crippen LogP contribution in [0.1, 0.15) is 33.6 Å². The molecule has 0 aliphatic heterocycles. The number of carbonyl (C=O) groups excluding carboxylic acids is 2. The van der Waals surface area contributed by atoms with Crippen LogP contribution in [0.4, 0.5) is 11.4 Å². The average Bonchev–Trinajstić information content (AvgIpc) is 2.32. The molecule has 0 spiro atoms. The minimum Gasteiger partial charge on any atom is -0.398 e. The molecule has 0 heterocycles. The fourth-order valence-corrected chi connectivity index (χ4v) is 1.56. The summed E-state index contributed by atoms with van der Waals surface area (Å²) >= 11 is 0. The SMILES string of the molecule is N#CCC(=O)c1c(N)ccc(N)c1C(=O)CC#N. The standard InChI is InChI=1S/C12H10N4O2/c13-5-3-9(17)11-7(15)1-2-8(16)12(11)10(18)4-6-14/h1-2H,3-4,15-16H2. The lowest BCUT2D eigenvalue weighted by Crippen LogP contribution is -2.14. The first kappa shape index (κ1) is 13.2. The predicted molar refractivity (Wildman–Crippen MR) is 64.4 cm³/mol. The number of carbonyl (C=O) groups is 2. The van der Waals surface area contributed by atoms with Gasteiger partial charge in [0.1, 0.15) is 0 Å². The topological polar surface area (TPSA) is 134 Å². The van der Waals surface area contributed by atoms with E-state index in [-0.39, 0.29) is 22.5 Å². The zero-order valence-electron chi connectivity index (χ0n) is 9.43. The second kappa shape index (κ2) is 5.46. The van der Waals surface area contributed by atoms with E-state index in [4.69, 9.17) is 22.0 Å². The summed E-state index contributed by atoms with van der Waals surface area (Å²) in [5, 5.41) is 17.0. The maximum atomic E-state index is 11.8. The Morgan fingerprint density at radius 1 is 0.944 bits per heavy atom. The molecule has 0 aliphatic rings. The molecule has 1 aromatic carbocycles. The van der Waals surface area contributed by atoms with Crippen LogP contribution in [0.25, 0.3) is 0 Å². The minimum atomic E-state index is -0.580. The van der Waals surface area contributed by atoms with E-state index in [1.54, 1.807) is 12.1 Å². The molecule has 4 N–H and O–H groups in total. The van der Waals surface area contributed by atoms with Crippen LogP contribution in [-0.4, -0.2) is 11.6 Å². The van der Waals surface area contributed by atoms with Crippen molar-refractivity contribution in [2.45, 2.75) is 12.8 Å². The van der Waals surface area contributed by atoms with Crippen molar-refractivity contribution in [3.63, 3.8) is 0 Å². The molecule has 0 unspecified atom stereocenters. The lowest BCUT2D eigenvalue weighted by Gasteiger charge is -2.11. The van der Waals surface area contributed by atoms with E-state index in [2.05, 4.69) is 0 Å². The Balaban J connectivity index is 3.45. The van der Waals surface area contributed by atoms with Gasteiger partial charge in [-0.15, -0.1) is 0 Å². The third-order valence-electron chi connectivity index (χ3n) is 2.31. The number of nitrogens with zero attached hydrogens (tertiary/aromatic N) is 2. The zero-order chi connectivity index (χ0) is 13.7. The van der Waals surface area contributed by atoms with Crippen LogP contribution in [0.5, 0.6) is 0 Å². The number of rotatable bonds is 4. The fourth-order valence-electron chi connectivity index (χ4n) is 1.56. The smallest absolute Gasteiger partial charge is 0.179 e. The molecule has 18 heavy (non-hydrogen) atoms. The van der Waals surface area contributed by atoms with E-state index in [0.717, 1.165) is 0 Å². The monoisotopic (exact) mass is 242 g/mol. The van der Waals surface area contributed by atoms with Crippen LogP contribution in [-0.2, 0) is 0 Å². The van der Waals surface area contributed by atoms with Crippen LogP contribution in [0.3, 0.4) is 0 Å². The normalized spacial score (nSPS) is 9.22. The van der Waals surface area contributed by atoms with Gasteiger partial charge in [-0.1, -0.05) is 0 Å². The second-order valence-corrected chi connectivity index (χ2v) is 3.51. The summed E-state index contributed by atoms with van der Waals surface area (Å²) in [6, 6.07) is 6.16. The lowest BCUT2D eigenvalue weighted by atomic mass is 9.94. The summed E-state index contributed by atoms with van der Waals surface area (Å²) in [6.45, 7) is 0. The number of nitrogens with two attached hydrogens (primary N) is 2. The molecule has 90 valence electrons. The number of hydrogen-bond donors (Lipinski definition) is 2. The van der Waals surface area contributed by atoms with Gasteiger partial charge in [-0.25, -0.2) is 0 Å². The second-order valence-electron chi connectivity index (χ2n) is 3.51. The van der Waals surface area contributed by atoms with Crippen molar-refractivity contribution in [3.8, 4) is 12.1 Å². The van der Waals surface area contributed by atoms with Crippen LogP contribution < -0.4 is 11.5 Å². The maximum Gasteiger partial charge on any atom is 0.179 e. The molecule has 0 bridgehead atoms. The third kappa shape index (κ3) is 2.45. The molecule has 0 fully saturated rings. The van der Waals surface area contributed by atoms with Crippen molar-refractivity contribution in [2.24, 2.45) is 0 Å². The van der Waals surface area contributed by atoms with Gasteiger partial charge >= 0.3 is 0 Å². The molecule has 0 saturated carbocycles. The predicted octanol–water partition coefficient (Wildman–Crippen LogP) is 1.04. The van der Waals surface area contributed by atoms with Gasteiger partial charge in [0.25, 0.3) is 0 Å². The molecule has 0 saturated heterocycles. The summed E-state index contributed by atoms with van der Waals surface area (Å²) in [4.78, 5) is 23.5. The Labute approximate surface area is 103 Å². The molecule has 1 rings (SSSR count). The van der Waals surface area contributed by atoms with E-state index >= 15 is 0 Å². The van der Waals surface area contributed by atoms with Gasteiger partial charge in [0.15, 0.2) is 11.6 Å². The van der Waals surface area contributed by atoms with Crippen LogP contribution in [0, 0.1) is 22.7 Å². The molecular formula is C12H10N4O2. The first-order valence-electron chi connectivity index (χ1n) is 5.01. The van der Waals surface area contributed by atoms with E-state index in [0.29, 0.717) is 0 Å². The summed E-state index contributed by atoms with van der Waals surface area (Å²) in [6.07, 6.45) is -0.805. The highest BCUT2D eigenvalue weighted by molar-refractivity contribution is 6.15. The average molecular weight is 242 g/mol. The molecule has 0 aromatic heterocycles. The van der Waals surface area contributed by atoms with E-state index in [1.807, 2.05) is 0 Å². The van der Waals surface area contributed by atoms with Gasteiger partial charge in [0.05, 0.1) is 36.1 Å². The molecule has 0 amide bonds. The van der Waals surface area contributed by atoms with Crippen LogP contribution >= 0.6 is 0 Å². The number of nitrogen functional groups attached to an aromatic ring is 2. The number of Topliss-reactive ketones (excluding diaryl/α,β-unsaturated/α-hetero) is 2. The number of hydrogen-bond acceptors (Lipinski definition) is 6. The zero-order valence-corrected chi connectivity index (χ0v) is 9.43. The summed E-state index contributed by atoms with van der Waals surface area (Å²) < 4.78 is 0. The third-order valence-corrected chi connectivity index (χ3v) is 2.31. The molecular weight excluding hydrogens is 232 g/mol. The van der Waals surface area contributed by atoms with E-state index in [1.165, 1.54) is 12.1 Å². The van der Waals surface area contributed by atoms with Crippen molar-refractivity contribution in [2.75, 3.05) is 11.5 Å². The van der Waals surface area contributed by atoms with Crippen LogP contribution in [0.15, 0.2) is 12.1 Å². The summed E-state index contributed by atoms with van der Waals surface area (Å²) in [5.41, 5.74) is 11.3. The number of ketones is 2. The van der Waals surface area contributed by atoms with Crippen molar-refractivity contribution in [1.82, 2.24) is 0 Å². The van der Waals surface area contributed by atoms with Gasteiger partial charge in [-0.05, 0) is 12.1 Å². The first-order chi connectivity index (χ1) is 8.52. The van der Waals surface area contributed by atoms with Crippen molar-refractivity contribution >= 4 is 22.9 Å². The highest BCUT2D eigenvalue weighted by atomic mass is 16.1. The van der Waals surface area contributed by atoms with Crippen molar-refractivity contribution in [1.29, 1.82) is 10.5 Å². The highest BCUT2D eigenvalue weighted by Gasteiger charge is 2.22. The molecule has 0 radical (unpaired) electrons. The van der Waals surface area contributed by atoms with Gasteiger partial charge < -0.3 is 11.5 Å². The Morgan fingerprint density at radius 2 is 1.28 bits per heavy atom. The van der Waals surface area contributed by atoms with E-state index in [9.17, 15) is 9.59 Å². The lowest BCUT2D eigenvalue weighted by molar-refractivity contribution is 0.0966. The highest BCUT2D eigenvalue weighted by Crippen LogP contribution is 2.26. The quantitative estimate of drug-likeness (QED) is 0.598. The van der Waals surface area contributed by atoms with Gasteiger partial charge in [0.2, 0.25) is 0 Å². The van der Waals surface area contributed by atoms with Crippen molar-refractivity contribution < 1.29 is 9.59 Å². The molecule has 0 aliphatic carbocycles. The number of benzene rings is 1. The largest absolute Gasteiger partial charge is 0.398 e. The maximum absolute atomic E-state index is 11.8. The summed E-state index contributed by atoms with van der Waals surface area (Å²) in [5.74, 6) is -1.16. The fraction of sp³-hybridized carbons (Fsp3) is 0.167. The van der Waals surface area contributed by atoms with Gasteiger partial charge in [0, 0.05) is 11.4 Å². The Kier molecular flexibility index (Phi) is 4.01. The number of nitriles is 2. The Bertz CT molecular complexity index is 540. The Hall–Kier alpha value is -2.86. The van der Waals surface area contributed by atoms with Gasteiger partial charge in [-0.2, -0.15) is 10.5 Å². The molecule has 6 heteroatoms. The molecule has 6 nitrogen and oxygen atoms in total. The molecule has 0 atom stereocenters. The minimum absolute atomic E-state index is 0.0724. The van der Waals surface area contributed by atoms with E-state index < -0.39 is 24.4 Å². The van der Waals surface area contributed by atoms with Crippen LogP contribution in [0.2, 0.25) is 0 Å². The van der Waals surface area contributed by atoms with Gasteiger partial charge in [-0.3, -0.25) is 9.59 Å². The number of anilines is 2. The molecule has 1 aromatic rings. The summed E-state index contributed by atoms with van der Waals surface area (Å²) in [7, 11) is 0.